The van der Waals surface area contributed by atoms with Crippen LogP contribution in [0, 0.1) is 5.92 Å². The molecule has 0 fully saturated rings. The fraction of sp³-hybridized carbons (Fsp3) is 0.636. The third-order valence-corrected chi connectivity index (χ3v) is 4.18. The number of hydrogen-bond acceptors (Lipinski definition) is 4. The predicted octanol–water partition coefficient (Wildman–Crippen LogP) is 5.96. The molecule has 0 aromatic carbocycles. The third-order valence-electron chi connectivity index (χ3n) is 4.18. The van der Waals surface area contributed by atoms with E-state index < -0.39 is 6.09 Å². The summed E-state index contributed by atoms with van der Waals surface area (Å²) in [5, 5.41) is 5.39. The van der Waals surface area contributed by atoms with E-state index in [9.17, 15) is 9.59 Å². The van der Waals surface area contributed by atoms with Gasteiger partial charge in [-0.25, -0.2) is 9.59 Å². The number of ether oxygens (including phenoxy) is 2. The van der Waals surface area contributed by atoms with Crippen molar-refractivity contribution in [2.75, 3.05) is 13.2 Å². The molecule has 0 aliphatic heterocycles. The second-order valence-electron chi connectivity index (χ2n) is 6.99. The van der Waals surface area contributed by atoms with Gasteiger partial charge in [-0.05, 0) is 43.8 Å². The van der Waals surface area contributed by atoms with Gasteiger partial charge in [0.15, 0.2) is 0 Å². The van der Waals surface area contributed by atoms with Crippen LogP contribution in [0.3, 0.4) is 0 Å². The molecule has 6 nitrogen and oxygen atoms in total. The van der Waals surface area contributed by atoms with Gasteiger partial charge < -0.3 is 14.8 Å². The Morgan fingerprint density at radius 1 is 1.07 bits per heavy atom. The Labute approximate surface area is 173 Å². The number of hydrogen-bond donors (Lipinski definition) is 2. The van der Waals surface area contributed by atoms with E-state index in [4.69, 9.17) is 9.47 Å². The van der Waals surface area contributed by atoms with Crippen molar-refractivity contribution >= 4 is 12.2 Å². The minimum Gasteiger partial charge on any atom is -0.449 e. The van der Waals surface area contributed by atoms with E-state index in [2.05, 4.69) is 44.6 Å². The van der Waals surface area contributed by atoms with Crippen LogP contribution in [-0.4, -0.2) is 31.4 Å². The molecule has 28 heavy (non-hydrogen) atoms. The van der Waals surface area contributed by atoms with Crippen molar-refractivity contribution in [1.82, 2.24) is 10.6 Å². The Hall–Kier alpha value is -2.24. The van der Waals surface area contributed by atoms with Crippen molar-refractivity contribution in [2.24, 2.45) is 5.92 Å². The summed E-state index contributed by atoms with van der Waals surface area (Å²) in [6.45, 7) is 14.4. The molecule has 0 spiro atoms. The SMILES string of the molecule is C=C/C=C(\C=C)NC(=O)OCCCCCCNC(=O)OC(CCCC)C(C)C.[HH].[HH]. The summed E-state index contributed by atoms with van der Waals surface area (Å²) in [7, 11) is 0. The number of alkyl carbamates (subject to hydrolysis) is 2. The number of unbranched alkanes of at least 4 members (excludes halogenated alkanes) is 4. The largest absolute Gasteiger partial charge is 0.449 e. The van der Waals surface area contributed by atoms with Crippen molar-refractivity contribution in [1.29, 1.82) is 0 Å². The van der Waals surface area contributed by atoms with Crippen LogP contribution in [-0.2, 0) is 9.47 Å². The third kappa shape index (κ3) is 13.9. The van der Waals surface area contributed by atoms with E-state index >= 15 is 0 Å². The second kappa shape index (κ2) is 16.9. The number of amides is 2. The summed E-state index contributed by atoms with van der Waals surface area (Å²) < 4.78 is 10.6. The first kappa shape index (κ1) is 25.8. The smallest absolute Gasteiger partial charge is 0.411 e. The second-order valence-corrected chi connectivity index (χ2v) is 6.99. The standard InChI is InChI=1S/C22H38N2O4.2H2/c1-6-9-15-20(18(4)5)28-21(25)23-16-12-10-11-13-17-27-22(26)24-19(8-3)14-7-2;;/h7-8,14,18,20H,2-3,6,9-13,15-17H2,1,4-5H3,(H,23,25)(H,24,26);2*1H/b19-14+;;. The highest BCUT2D eigenvalue weighted by atomic mass is 16.6. The molecule has 0 heterocycles. The molecule has 0 bridgehead atoms. The first-order valence-corrected chi connectivity index (χ1v) is 10.3. The maximum Gasteiger partial charge on any atom is 0.411 e. The molecule has 0 radical (unpaired) electrons. The molecule has 0 aliphatic rings. The summed E-state index contributed by atoms with van der Waals surface area (Å²) in [6.07, 6.45) is 10.5. The zero-order valence-electron chi connectivity index (χ0n) is 17.8. The molecule has 2 N–H and O–H groups in total. The molecule has 0 saturated carbocycles. The van der Waals surface area contributed by atoms with E-state index in [1.54, 1.807) is 12.2 Å². The lowest BCUT2D eigenvalue weighted by Gasteiger charge is -2.21. The Kier molecular flexibility index (Phi) is 15.5. The van der Waals surface area contributed by atoms with Crippen LogP contribution in [0.4, 0.5) is 9.59 Å². The van der Waals surface area contributed by atoms with Crippen LogP contribution in [0.25, 0.3) is 0 Å². The van der Waals surface area contributed by atoms with Crippen LogP contribution in [0.2, 0.25) is 0 Å². The van der Waals surface area contributed by atoms with Crippen molar-refractivity contribution in [3.05, 3.63) is 37.1 Å². The molecular formula is C22H42N2O4. The van der Waals surface area contributed by atoms with Gasteiger partial charge in [-0.2, -0.15) is 0 Å². The van der Waals surface area contributed by atoms with Crippen LogP contribution in [0.5, 0.6) is 0 Å². The quantitative estimate of drug-likeness (QED) is 0.263. The number of allylic oxidation sites excluding steroid dienone is 3. The molecule has 0 saturated heterocycles. The van der Waals surface area contributed by atoms with Gasteiger partial charge in [0.2, 0.25) is 0 Å². The van der Waals surface area contributed by atoms with Gasteiger partial charge in [-0.15, -0.1) is 0 Å². The molecule has 0 rings (SSSR count). The van der Waals surface area contributed by atoms with Crippen molar-refractivity contribution < 1.29 is 21.9 Å². The Morgan fingerprint density at radius 2 is 1.79 bits per heavy atom. The number of carbonyl (C=O) groups is 2. The summed E-state index contributed by atoms with van der Waals surface area (Å²) in [4.78, 5) is 23.5. The number of carbonyl (C=O) groups excluding carboxylic acids is 2. The maximum absolute atomic E-state index is 11.9. The molecule has 1 unspecified atom stereocenters. The van der Waals surface area contributed by atoms with E-state index in [0.29, 0.717) is 24.8 Å². The molecule has 0 aliphatic carbocycles. The molecule has 1 atom stereocenters. The average Bonchev–Trinajstić information content (AvgIpc) is 2.66. The van der Waals surface area contributed by atoms with Crippen LogP contribution < -0.4 is 10.6 Å². The summed E-state index contributed by atoms with van der Waals surface area (Å²) in [5.41, 5.74) is 0.548. The van der Waals surface area contributed by atoms with E-state index in [-0.39, 0.29) is 15.1 Å². The molecule has 0 aromatic rings. The van der Waals surface area contributed by atoms with Crippen LogP contribution >= 0.6 is 0 Å². The lowest BCUT2D eigenvalue weighted by Crippen LogP contribution is -2.32. The molecule has 6 heteroatoms. The lowest BCUT2D eigenvalue weighted by atomic mass is 10.0. The average molecular weight is 399 g/mol. The van der Waals surface area contributed by atoms with Crippen molar-refractivity contribution in [3.63, 3.8) is 0 Å². The van der Waals surface area contributed by atoms with Gasteiger partial charge in [0, 0.05) is 15.1 Å². The first-order chi connectivity index (χ1) is 13.4. The summed E-state index contributed by atoms with van der Waals surface area (Å²) in [5.74, 6) is 0.323. The molecule has 164 valence electrons. The van der Waals surface area contributed by atoms with Crippen molar-refractivity contribution in [2.45, 2.75) is 71.8 Å². The van der Waals surface area contributed by atoms with E-state index in [1.165, 1.54) is 6.08 Å². The molecule has 0 aromatic heterocycles. The zero-order valence-corrected chi connectivity index (χ0v) is 17.8. The Bertz CT molecular complexity index is 511. The van der Waals surface area contributed by atoms with Gasteiger partial charge in [-0.3, -0.25) is 5.32 Å². The Morgan fingerprint density at radius 3 is 2.39 bits per heavy atom. The summed E-state index contributed by atoms with van der Waals surface area (Å²) in [6, 6.07) is 0. The molecule has 2 amide bonds. The van der Waals surface area contributed by atoms with Gasteiger partial charge in [0.05, 0.1) is 6.61 Å². The monoisotopic (exact) mass is 398 g/mol. The Balaban J connectivity index is -0.00000364. The number of rotatable bonds is 15. The lowest BCUT2D eigenvalue weighted by molar-refractivity contribution is 0.0643. The zero-order chi connectivity index (χ0) is 21.2. The van der Waals surface area contributed by atoms with Gasteiger partial charge in [0.25, 0.3) is 0 Å². The minimum absolute atomic E-state index is 0. The highest BCUT2D eigenvalue weighted by Crippen LogP contribution is 2.14. The van der Waals surface area contributed by atoms with Crippen LogP contribution in [0.1, 0.15) is 68.6 Å². The predicted molar refractivity (Wildman–Crippen MR) is 118 cm³/mol. The minimum atomic E-state index is -0.500. The normalized spacial score (nSPS) is 12.2. The van der Waals surface area contributed by atoms with E-state index in [0.717, 1.165) is 44.9 Å². The van der Waals surface area contributed by atoms with Gasteiger partial charge in [0.1, 0.15) is 6.10 Å². The summed E-state index contributed by atoms with van der Waals surface area (Å²) >= 11 is 0. The first-order valence-electron chi connectivity index (χ1n) is 10.3. The van der Waals surface area contributed by atoms with E-state index in [1.807, 2.05) is 0 Å². The highest BCUT2D eigenvalue weighted by molar-refractivity contribution is 5.70. The fourth-order valence-corrected chi connectivity index (χ4v) is 2.49. The van der Waals surface area contributed by atoms with Crippen LogP contribution in [0.15, 0.2) is 37.1 Å². The highest BCUT2D eigenvalue weighted by Gasteiger charge is 2.17. The number of nitrogens with one attached hydrogen (secondary N) is 2. The van der Waals surface area contributed by atoms with Crippen molar-refractivity contribution in [3.8, 4) is 0 Å². The molecular weight excluding hydrogens is 356 g/mol. The van der Waals surface area contributed by atoms with Gasteiger partial charge in [-0.1, -0.05) is 59.3 Å². The fourth-order valence-electron chi connectivity index (χ4n) is 2.49. The topological polar surface area (TPSA) is 76.7 Å². The maximum atomic E-state index is 11.9. The van der Waals surface area contributed by atoms with Gasteiger partial charge >= 0.3 is 12.2 Å².